The van der Waals surface area contributed by atoms with Gasteiger partial charge in [0.1, 0.15) is 23.3 Å². The number of pyridine rings is 1. The van der Waals surface area contributed by atoms with Gasteiger partial charge in [-0.15, -0.1) is 0 Å². The standard InChI is InChI=1S/C11H7F6N5/c12-10(13,14)9(11(15,16)17)6(5-18)8(19)22(21-9)7-3-1-2-4-20-7/h1-4,21H,19H2. The van der Waals surface area contributed by atoms with E-state index in [2.05, 4.69) is 4.98 Å². The van der Waals surface area contributed by atoms with Crippen LogP contribution in [0.2, 0.25) is 0 Å². The van der Waals surface area contributed by atoms with Gasteiger partial charge in [-0.05, 0) is 12.1 Å². The van der Waals surface area contributed by atoms with Crippen LogP contribution in [-0.4, -0.2) is 22.9 Å². The van der Waals surface area contributed by atoms with Crippen molar-refractivity contribution >= 4 is 5.82 Å². The second-order valence-corrected chi connectivity index (χ2v) is 4.25. The van der Waals surface area contributed by atoms with Crippen LogP contribution in [-0.2, 0) is 0 Å². The van der Waals surface area contributed by atoms with Gasteiger partial charge in [0.25, 0.3) is 5.54 Å². The number of hydrogen-bond donors (Lipinski definition) is 2. The van der Waals surface area contributed by atoms with Crippen molar-refractivity contribution in [2.24, 2.45) is 5.73 Å². The summed E-state index contributed by atoms with van der Waals surface area (Å²) in [5, 5.41) is 9.08. The molecule has 0 spiro atoms. The molecule has 1 aromatic rings. The quantitative estimate of drug-likeness (QED) is 0.773. The molecule has 0 saturated heterocycles. The summed E-state index contributed by atoms with van der Waals surface area (Å²) in [5.74, 6) is -1.33. The number of nitrogens with zero attached hydrogens (tertiary/aromatic N) is 3. The van der Waals surface area contributed by atoms with E-state index in [-0.39, 0.29) is 5.82 Å². The number of alkyl halides is 6. The maximum Gasteiger partial charge on any atom is 0.422 e. The molecule has 2 heterocycles. The third-order valence-electron chi connectivity index (χ3n) is 2.99. The largest absolute Gasteiger partial charge is 0.422 e. The number of aromatic nitrogens is 1. The highest BCUT2D eigenvalue weighted by atomic mass is 19.4. The fourth-order valence-corrected chi connectivity index (χ4v) is 1.97. The van der Waals surface area contributed by atoms with Crippen LogP contribution in [0.4, 0.5) is 32.2 Å². The number of hydrogen-bond acceptors (Lipinski definition) is 5. The molecule has 3 N–H and O–H groups in total. The summed E-state index contributed by atoms with van der Waals surface area (Å²) < 4.78 is 78.8. The van der Waals surface area contributed by atoms with E-state index in [9.17, 15) is 26.3 Å². The maximum absolute atomic E-state index is 13.1. The molecule has 0 bridgehead atoms. The van der Waals surface area contributed by atoms with Gasteiger partial charge in [0.05, 0.1) is 0 Å². The van der Waals surface area contributed by atoms with Crippen molar-refractivity contribution in [1.82, 2.24) is 10.4 Å². The topological polar surface area (TPSA) is 78.0 Å². The number of nitriles is 1. The van der Waals surface area contributed by atoms with E-state index in [4.69, 9.17) is 11.0 Å². The maximum atomic E-state index is 13.1. The Hall–Kier alpha value is -2.48. The van der Waals surface area contributed by atoms with E-state index in [1.54, 1.807) is 0 Å². The summed E-state index contributed by atoms with van der Waals surface area (Å²) in [4.78, 5) is 3.61. The van der Waals surface area contributed by atoms with Crippen molar-refractivity contribution in [2.75, 3.05) is 5.01 Å². The van der Waals surface area contributed by atoms with Crippen LogP contribution in [0.25, 0.3) is 0 Å². The number of anilines is 1. The first-order valence-electron chi connectivity index (χ1n) is 5.59. The van der Waals surface area contributed by atoms with Gasteiger partial charge >= 0.3 is 12.4 Å². The summed E-state index contributed by atoms with van der Waals surface area (Å²) in [7, 11) is 0. The van der Waals surface area contributed by atoms with E-state index >= 15 is 0 Å². The van der Waals surface area contributed by atoms with Crippen LogP contribution in [0, 0.1) is 11.3 Å². The van der Waals surface area contributed by atoms with Crippen molar-refractivity contribution in [2.45, 2.75) is 17.9 Å². The van der Waals surface area contributed by atoms with Gasteiger partial charge in [-0.3, -0.25) is 0 Å². The van der Waals surface area contributed by atoms with E-state index < -0.39 is 29.3 Å². The van der Waals surface area contributed by atoms with Gasteiger partial charge < -0.3 is 5.73 Å². The van der Waals surface area contributed by atoms with E-state index in [0.717, 1.165) is 18.3 Å². The molecule has 0 saturated carbocycles. The van der Waals surface area contributed by atoms with Gasteiger partial charge in [0.2, 0.25) is 0 Å². The summed E-state index contributed by atoms with van der Waals surface area (Å²) in [6, 6.07) is 4.78. The fraction of sp³-hybridized carbons (Fsp3) is 0.273. The lowest BCUT2D eigenvalue weighted by Crippen LogP contribution is -2.67. The molecule has 11 heteroatoms. The Morgan fingerprint density at radius 3 is 2.14 bits per heavy atom. The van der Waals surface area contributed by atoms with Crippen molar-refractivity contribution in [3.63, 3.8) is 0 Å². The second-order valence-electron chi connectivity index (χ2n) is 4.25. The first kappa shape index (κ1) is 15.9. The van der Waals surface area contributed by atoms with Gasteiger partial charge in [-0.25, -0.2) is 9.99 Å². The minimum atomic E-state index is -5.84. The minimum Gasteiger partial charge on any atom is -0.383 e. The van der Waals surface area contributed by atoms with Crippen LogP contribution in [0.3, 0.4) is 0 Å². The van der Waals surface area contributed by atoms with Crippen LogP contribution in [0.1, 0.15) is 0 Å². The number of nitrogens with two attached hydrogens (primary N) is 1. The van der Waals surface area contributed by atoms with E-state index in [1.807, 2.05) is 0 Å². The highest BCUT2D eigenvalue weighted by molar-refractivity contribution is 5.57. The Morgan fingerprint density at radius 2 is 1.77 bits per heavy atom. The third-order valence-corrected chi connectivity index (χ3v) is 2.99. The summed E-state index contributed by atoms with van der Waals surface area (Å²) in [5.41, 5.74) is 0.297. The molecule has 2 rings (SSSR count). The lowest BCUT2D eigenvalue weighted by atomic mass is 9.90. The van der Waals surface area contributed by atoms with Crippen molar-refractivity contribution in [3.05, 3.63) is 35.8 Å². The first-order chi connectivity index (χ1) is 10.1. The van der Waals surface area contributed by atoms with E-state index in [0.29, 0.717) is 5.01 Å². The zero-order chi connectivity index (χ0) is 16.8. The molecular weight excluding hydrogens is 316 g/mol. The highest BCUT2D eigenvalue weighted by Crippen LogP contribution is 2.51. The predicted molar refractivity (Wildman–Crippen MR) is 61.5 cm³/mol. The van der Waals surface area contributed by atoms with Gasteiger partial charge in [-0.2, -0.15) is 37.0 Å². The van der Waals surface area contributed by atoms with Crippen LogP contribution in [0.15, 0.2) is 35.8 Å². The molecule has 0 fully saturated rings. The lowest BCUT2D eigenvalue weighted by Gasteiger charge is -2.34. The highest BCUT2D eigenvalue weighted by Gasteiger charge is 2.77. The summed E-state index contributed by atoms with van der Waals surface area (Å²) in [6.45, 7) is 0. The number of nitrogens with one attached hydrogen (secondary N) is 1. The molecule has 118 valence electrons. The normalized spacial score (nSPS) is 18.5. The average Bonchev–Trinajstić information content (AvgIpc) is 2.73. The lowest BCUT2D eigenvalue weighted by molar-refractivity contribution is -0.290. The van der Waals surface area contributed by atoms with Crippen LogP contribution in [0.5, 0.6) is 0 Å². The molecule has 0 radical (unpaired) electrons. The second kappa shape index (κ2) is 4.77. The molecule has 1 aromatic heterocycles. The Kier molecular flexibility index (Phi) is 3.45. The molecular formula is C11H7F6N5. The van der Waals surface area contributed by atoms with Crippen LogP contribution < -0.4 is 16.2 Å². The molecule has 0 unspecified atom stereocenters. The van der Waals surface area contributed by atoms with Crippen molar-refractivity contribution in [3.8, 4) is 6.07 Å². The zero-order valence-electron chi connectivity index (χ0n) is 10.5. The van der Waals surface area contributed by atoms with Crippen molar-refractivity contribution in [1.29, 1.82) is 5.26 Å². The molecule has 0 aliphatic carbocycles. The average molecular weight is 323 g/mol. The summed E-state index contributed by atoms with van der Waals surface area (Å²) in [6.07, 6.45) is -10.5. The molecule has 1 aliphatic heterocycles. The number of rotatable bonds is 1. The smallest absolute Gasteiger partial charge is 0.383 e. The molecule has 1 aliphatic rings. The zero-order valence-corrected chi connectivity index (χ0v) is 10.5. The molecule has 22 heavy (non-hydrogen) atoms. The van der Waals surface area contributed by atoms with E-state index in [1.165, 1.54) is 17.6 Å². The SMILES string of the molecule is N#CC1=C(N)N(c2ccccn2)NC1(C(F)(F)F)C(F)(F)F. The molecule has 5 nitrogen and oxygen atoms in total. The Bertz CT molecular complexity index is 628. The predicted octanol–water partition coefficient (Wildman–Crippen LogP) is 1.96. The first-order valence-corrected chi connectivity index (χ1v) is 5.59. The summed E-state index contributed by atoms with van der Waals surface area (Å²) >= 11 is 0. The fourth-order valence-electron chi connectivity index (χ4n) is 1.97. The number of hydrazine groups is 1. The molecule has 0 amide bonds. The van der Waals surface area contributed by atoms with Gasteiger partial charge in [0, 0.05) is 6.20 Å². The Morgan fingerprint density at radius 1 is 1.18 bits per heavy atom. The Labute approximate surface area is 119 Å². The Balaban J connectivity index is 2.68. The monoisotopic (exact) mass is 323 g/mol. The molecule has 0 aromatic carbocycles. The third kappa shape index (κ3) is 2.03. The van der Waals surface area contributed by atoms with Gasteiger partial charge in [-0.1, -0.05) is 6.07 Å². The number of halogens is 6. The van der Waals surface area contributed by atoms with Crippen molar-refractivity contribution < 1.29 is 26.3 Å². The minimum absolute atomic E-state index is 0.291. The van der Waals surface area contributed by atoms with Gasteiger partial charge in [0.15, 0.2) is 0 Å². The molecule has 0 atom stereocenters. The van der Waals surface area contributed by atoms with Crippen LogP contribution >= 0.6 is 0 Å².